The Labute approximate surface area is 127 Å². The lowest BCUT2D eigenvalue weighted by molar-refractivity contribution is -0.385. The molecule has 2 atom stereocenters. The third-order valence-corrected chi connectivity index (χ3v) is 4.22. The summed E-state index contributed by atoms with van der Waals surface area (Å²) in [6, 6.07) is 6.54. The lowest BCUT2D eigenvalue weighted by atomic mass is 10.0. The highest BCUT2D eigenvalue weighted by Gasteiger charge is 2.35. The number of nitrogens with zero attached hydrogens (tertiary/aromatic N) is 3. The SMILES string of the molecule is O=C(O)N1CCN2CC(c3cccc([N+](=O)[O-])c3)OCC2C1. The molecule has 2 heterocycles. The molecule has 8 heteroatoms. The van der Waals surface area contributed by atoms with Crippen molar-refractivity contribution in [1.29, 1.82) is 0 Å². The minimum absolute atomic E-state index is 0.0546. The Morgan fingerprint density at radius 3 is 2.91 bits per heavy atom. The van der Waals surface area contributed by atoms with Crippen LogP contribution in [0.3, 0.4) is 0 Å². The van der Waals surface area contributed by atoms with Gasteiger partial charge in [-0.25, -0.2) is 4.79 Å². The standard InChI is InChI=1S/C14H17N3O5/c18-14(19)16-5-4-15-8-13(22-9-12(15)7-16)10-2-1-3-11(6-10)17(20)21/h1-3,6,12-13H,4-5,7-9H2,(H,18,19). The molecule has 0 saturated carbocycles. The quantitative estimate of drug-likeness (QED) is 0.654. The molecular formula is C14H17N3O5. The summed E-state index contributed by atoms with van der Waals surface area (Å²) in [5.41, 5.74) is 0.840. The monoisotopic (exact) mass is 307 g/mol. The van der Waals surface area contributed by atoms with Crippen LogP contribution in [0.5, 0.6) is 0 Å². The number of nitro benzene ring substituents is 1. The molecule has 1 amide bonds. The average molecular weight is 307 g/mol. The molecule has 0 spiro atoms. The van der Waals surface area contributed by atoms with Crippen LogP contribution >= 0.6 is 0 Å². The largest absolute Gasteiger partial charge is 0.465 e. The van der Waals surface area contributed by atoms with Crippen LogP contribution < -0.4 is 0 Å². The van der Waals surface area contributed by atoms with Crippen molar-refractivity contribution in [2.75, 3.05) is 32.8 Å². The van der Waals surface area contributed by atoms with E-state index in [1.807, 2.05) is 6.07 Å². The van der Waals surface area contributed by atoms with Gasteiger partial charge >= 0.3 is 6.09 Å². The fraction of sp³-hybridized carbons (Fsp3) is 0.500. The topological polar surface area (TPSA) is 96.2 Å². The van der Waals surface area contributed by atoms with Crippen LogP contribution in [0, 0.1) is 10.1 Å². The number of fused-ring (bicyclic) bond motifs is 1. The number of ether oxygens (including phenoxy) is 1. The molecule has 2 aliphatic heterocycles. The Morgan fingerprint density at radius 2 is 2.18 bits per heavy atom. The summed E-state index contributed by atoms with van der Waals surface area (Å²) in [4.78, 5) is 25.1. The van der Waals surface area contributed by atoms with E-state index < -0.39 is 11.0 Å². The lowest BCUT2D eigenvalue weighted by Crippen LogP contribution is -2.59. The minimum atomic E-state index is -0.902. The highest BCUT2D eigenvalue weighted by atomic mass is 16.6. The molecule has 0 radical (unpaired) electrons. The van der Waals surface area contributed by atoms with E-state index in [1.165, 1.54) is 11.0 Å². The summed E-state index contributed by atoms with van der Waals surface area (Å²) in [5.74, 6) is 0. The Morgan fingerprint density at radius 1 is 1.36 bits per heavy atom. The van der Waals surface area contributed by atoms with Gasteiger partial charge < -0.3 is 14.7 Å². The second kappa shape index (κ2) is 5.90. The fourth-order valence-corrected chi connectivity index (χ4v) is 3.00. The zero-order chi connectivity index (χ0) is 15.7. The first-order valence-electron chi connectivity index (χ1n) is 7.12. The number of benzene rings is 1. The Kier molecular flexibility index (Phi) is 3.95. The molecule has 2 unspecified atom stereocenters. The van der Waals surface area contributed by atoms with Gasteiger partial charge in [-0.05, 0) is 5.56 Å². The number of rotatable bonds is 2. The van der Waals surface area contributed by atoms with Crippen LogP contribution in [0.15, 0.2) is 24.3 Å². The van der Waals surface area contributed by atoms with Crippen molar-refractivity contribution in [3.63, 3.8) is 0 Å². The second-order valence-corrected chi connectivity index (χ2v) is 5.55. The number of nitro groups is 1. The number of non-ortho nitro benzene ring substituents is 1. The van der Waals surface area contributed by atoms with E-state index in [4.69, 9.17) is 9.84 Å². The summed E-state index contributed by atoms with van der Waals surface area (Å²) >= 11 is 0. The molecule has 2 aliphatic rings. The number of amides is 1. The maximum absolute atomic E-state index is 11.0. The maximum atomic E-state index is 11.0. The van der Waals surface area contributed by atoms with E-state index in [0.717, 1.165) is 5.56 Å². The number of hydrogen-bond acceptors (Lipinski definition) is 5. The molecular weight excluding hydrogens is 290 g/mol. The van der Waals surface area contributed by atoms with Crippen molar-refractivity contribution in [1.82, 2.24) is 9.80 Å². The zero-order valence-electron chi connectivity index (χ0n) is 11.9. The van der Waals surface area contributed by atoms with Crippen molar-refractivity contribution >= 4 is 11.8 Å². The molecule has 1 aromatic rings. The summed E-state index contributed by atoms with van der Waals surface area (Å²) in [6.07, 6.45) is -1.12. The highest BCUT2D eigenvalue weighted by Crippen LogP contribution is 2.28. The molecule has 0 aliphatic carbocycles. The fourth-order valence-electron chi connectivity index (χ4n) is 3.00. The summed E-state index contributed by atoms with van der Waals surface area (Å²) < 4.78 is 5.81. The third-order valence-electron chi connectivity index (χ3n) is 4.22. The second-order valence-electron chi connectivity index (χ2n) is 5.55. The first-order chi connectivity index (χ1) is 10.5. The van der Waals surface area contributed by atoms with Crippen LogP contribution in [0.4, 0.5) is 10.5 Å². The molecule has 0 bridgehead atoms. The number of piperazine rings is 1. The Hall–Kier alpha value is -2.19. The summed E-state index contributed by atoms with van der Waals surface area (Å²) in [5, 5.41) is 19.9. The van der Waals surface area contributed by atoms with Crippen LogP contribution in [0.2, 0.25) is 0 Å². The van der Waals surface area contributed by atoms with Gasteiger partial charge in [-0.1, -0.05) is 12.1 Å². The van der Waals surface area contributed by atoms with Crippen molar-refractivity contribution in [2.24, 2.45) is 0 Å². The number of hydrogen-bond donors (Lipinski definition) is 1. The zero-order valence-corrected chi connectivity index (χ0v) is 11.9. The number of morpholine rings is 1. The number of carbonyl (C=O) groups is 1. The van der Waals surface area contributed by atoms with E-state index in [2.05, 4.69) is 4.90 Å². The van der Waals surface area contributed by atoms with E-state index in [-0.39, 0.29) is 17.8 Å². The normalized spacial score (nSPS) is 25.5. The van der Waals surface area contributed by atoms with Gasteiger partial charge in [0.1, 0.15) is 0 Å². The minimum Gasteiger partial charge on any atom is -0.465 e. The van der Waals surface area contributed by atoms with Crippen molar-refractivity contribution in [2.45, 2.75) is 12.1 Å². The van der Waals surface area contributed by atoms with Crippen LogP contribution in [0.25, 0.3) is 0 Å². The van der Waals surface area contributed by atoms with Gasteiger partial charge in [0.15, 0.2) is 0 Å². The van der Waals surface area contributed by atoms with Crippen LogP contribution in [0.1, 0.15) is 11.7 Å². The van der Waals surface area contributed by atoms with Gasteiger partial charge in [0.05, 0.1) is 23.7 Å². The van der Waals surface area contributed by atoms with E-state index in [9.17, 15) is 14.9 Å². The van der Waals surface area contributed by atoms with Crippen molar-refractivity contribution < 1.29 is 19.6 Å². The van der Waals surface area contributed by atoms with Gasteiger partial charge in [0.2, 0.25) is 0 Å². The smallest absolute Gasteiger partial charge is 0.407 e. The molecule has 22 heavy (non-hydrogen) atoms. The van der Waals surface area contributed by atoms with Gasteiger partial charge in [-0.2, -0.15) is 0 Å². The van der Waals surface area contributed by atoms with Gasteiger partial charge in [0.25, 0.3) is 5.69 Å². The molecule has 8 nitrogen and oxygen atoms in total. The van der Waals surface area contributed by atoms with Gasteiger partial charge in [0, 0.05) is 38.3 Å². The summed E-state index contributed by atoms with van der Waals surface area (Å²) in [6.45, 7) is 2.63. The van der Waals surface area contributed by atoms with E-state index in [1.54, 1.807) is 12.1 Å². The van der Waals surface area contributed by atoms with Crippen molar-refractivity contribution in [3.05, 3.63) is 39.9 Å². The lowest BCUT2D eigenvalue weighted by Gasteiger charge is -2.45. The molecule has 0 aromatic heterocycles. The third kappa shape index (κ3) is 2.88. The maximum Gasteiger partial charge on any atom is 0.407 e. The highest BCUT2D eigenvalue weighted by molar-refractivity contribution is 5.65. The molecule has 1 N–H and O–H groups in total. The van der Waals surface area contributed by atoms with Crippen LogP contribution in [-0.2, 0) is 4.74 Å². The first kappa shape index (κ1) is 14.7. The molecule has 3 rings (SSSR count). The van der Waals surface area contributed by atoms with Gasteiger partial charge in [-0.3, -0.25) is 15.0 Å². The van der Waals surface area contributed by atoms with E-state index in [0.29, 0.717) is 32.8 Å². The van der Waals surface area contributed by atoms with Crippen molar-refractivity contribution in [3.8, 4) is 0 Å². The Bertz CT molecular complexity index is 594. The predicted molar refractivity (Wildman–Crippen MR) is 76.7 cm³/mol. The molecule has 2 fully saturated rings. The summed E-state index contributed by atoms with van der Waals surface area (Å²) in [7, 11) is 0. The van der Waals surface area contributed by atoms with E-state index >= 15 is 0 Å². The molecule has 1 aromatic carbocycles. The predicted octanol–water partition coefficient (Wildman–Crippen LogP) is 1.33. The first-order valence-corrected chi connectivity index (χ1v) is 7.12. The average Bonchev–Trinajstić information content (AvgIpc) is 2.53. The molecule has 118 valence electrons. The van der Waals surface area contributed by atoms with Gasteiger partial charge in [-0.15, -0.1) is 0 Å². The Balaban J connectivity index is 1.69. The van der Waals surface area contributed by atoms with Crippen LogP contribution in [-0.4, -0.2) is 64.8 Å². The molecule has 2 saturated heterocycles. The number of carboxylic acid groups (broad SMARTS) is 1.